The highest BCUT2D eigenvalue weighted by Crippen LogP contribution is 2.09. The molecule has 4 N–H and O–H groups in total. The maximum absolute atomic E-state index is 5.46. The molecule has 17 heavy (non-hydrogen) atoms. The fraction of sp³-hybridized carbons (Fsp3) is 0.545. The van der Waals surface area contributed by atoms with Gasteiger partial charge in [0.05, 0.1) is 13.2 Å². The van der Waals surface area contributed by atoms with E-state index in [1.165, 1.54) is 0 Å². The van der Waals surface area contributed by atoms with Crippen LogP contribution < -0.4 is 16.6 Å². The van der Waals surface area contributed by atoms with Crippen molar-refractivity contribution < 1.29 is 4.74 Å². The molecule has 0 bridgehead atoms. The van der Waals surface area contributed by atoms with Gasteiger partial charge in [-0.3, -0.25) is 0 Å². The Bertz CT molecular complexity index is 318. The molecule has 0 saturated heterocycles. The molecule has 1 aromatic heterocycles. The van der Waals surface area contributed by atoms with Gasteiger partial charge in [0.15, 0.2) is 0 Å². The Kier molecular flexibility index (Phi) is 6.31. The standard InChI is InChI=1S/C11H21N5O/c1-16(2)6-8-17-7-5-13-10-3-4-14-11(9-10)15-12/h3-4,9H,5-8,12H2,1-2H3,(H2,13,14,15). The monoisotopic (exact) mass is 239 g/mol. The third-order valence-corrected chi connectivity index (χ3v) is 2.17. The SMILES string of the molecule is CN(C)CCOCCNc1ccnc(NN)c1. The molecule has 0 fully saturated rings. The predicted molar refractivity (Wildman–Crippen MR) is 69.9 cm³/mol. The molecule has 1 rings (SSSR count). The van der Waals surface area contributed by atoms with Gasteiger partial charge in [0, 0.05) is 31.0 Å². The maximum Gasteiger partial charge on any atom is 0.141 e. The molecule has 0 saturated carbocycles. The van der Waals surface area contributed by atoms with Gasteiger partial charge in [0.1, 0.15) is 5.82 Å². The molecule has 6 nitrogen and oxygen atoms in total. The smallest absolute Gasteiger partial charge is 0.141 e. The van der Waals surface area contributed by atoms with Crippen molar-refractivity contribution in [1.82, 2.24) is 9.88 Å². The van der Waals surface area contributed by atoms with Gasteiger partial charge in [-0.25, -0.2) is 10.8 Å². The number of aromatic nitrogens is 1. The Morgan fingerprint density at radius 1 is 1.41 bits per heavy atom. The fourth-order valence-electron chi connectivity index (χ4n) is 1.24. The number of hydrogen-bond acceptors (Lipinski definition) is 6. The molecule has 0 aliphatic heterocycles. The molecule has 0 unspecified atom stereocenters. The second-order valence-corrected chi connectivity index (χ2v) is 3.92. The van der Waals surface area contributed by atoms with Crippen molar-refractivity contribution in [1.29, 1.82) is 0 Å². The molecule has 0 aliphatic rings. The topological polar surface area (TPSA) is 75.4 Å². The summed E-state index contributed by atoms with van der Waals surface area (Å²) in [7, 11) is 4.06. The van der Waals surface area contributed by atoms with Crippen LogP contribution in [0.2, 0.25) is 0 Å². The molecule has 0 aromatic carbocycles. The van der Waals surface area contributed by atoms with Crippen molar-refractivity contribution in [2.75, 3.05) is 51.1 Å². The summed E-state index contributed by atoms with van der Waals surface area (Å²) < 4.78 is 5.46. The number of likely N-dealkylation sites (N-methyl/N-ethyl adjacent to an activating group) is 1. The second-order valence-electron chi connectivity index (χ2n) is 3.92. The van der Waals surface area contributed by atoms with E-state index in [0.717, 1.165) is 25.4 Å². The van der Waals surface area contributed by atoms with E-state index in [1.807, 2.05) is 26.2 Å². The fourth-order valence-corrected chi connectivity index (χ4v) is 1.24. The quantitative estimate of drug-likeness (QED) is 0.345. The Balaban J connectivity index is 2.13. The summed E-state index contributed by atoms with van der Waals surface area (Å²) in [6.45, 7) is 3.14. The maximum atomic E-state index is 5.46. The van der Waals surface area contributed by atoms with Crippen molar-refractivity contribution in [3.63, 3.8) is 0 Å². The van der Waals surface area contributed by atoms with E-state index in [1.54, 1.807) is 6.20 Å². The largest absolute Gasteiger partial charge is 0.383 e. The van der Waals surface area contributed by atoms with E-state index < -0.39 is 0 Å². The number of anilines is 2. The Hall–Kier alpha value is -1.37. The molecule has 0 aliphatic carbocycles. The van der Waals surface area contributed by atoms with E-state index in [9.17, 15) is 0 Å². The van der Waals surface area contributed by atoms with Gasteiger partial charge >= 0.3 is 0 Å². The van der Waals surface area contributed by atoms with E-state index in [-0.39, 0.29) is 0 Å². The highest BCUT2D eigenvalue weighted by molar-refractivity contribution is 5.51. The molecule has 1 aromatic rings. The van der Waals surface area contributed by atoms with Gasteiger partial charge in [-0.15, -0.1) is 0 Å². The molecule has 6 heteroatoms. The van der Waals surface area contributed by atoms with E-state index in [0.29, 0.717) is 12.4 Å². The number of nitrogens with one attached hydrogen (secondary N) is 2. The third-order valence-electron chi connectivity index (χ3n) is 2.17. The van der Waals surface area contributed by atoms with Gasteiger partial charge in [-0.1, -0.05) is 0 Å². The lowest BCUT2D eigenvalue weighted by atomic mass is 10.4. The summed E-state index contributed by atoms with van der Waals surface area (Å²) in [5, 5.41) is 3.23. The molecule has 0 spiro atoms. The third kappa shape index (κ3) is 6.06. The van der Waals surface area contributed by atoms with Gasteiger partial charge in [0.25, 0.3) is 0 Å². The molecule has 0 atom stereocenters. The van der Waals surface area contributed by atoms with Gasteiger partial charge in [-0.2, -0.15) is 0 Å². The summed E-state index contributed by atoms with van der Waals surface area (Å²) in [6, 6.07) is 3.74. The number of hydrogen-bond donors (Lipinski definition) is 3. The van der Waals surface area contributed by atoms with Crippen LogP contribution >= 0.6 is 0 Å². The van der Waals surface area contributed by atoms with Crippen LogP contribution in [0.25, 0.3) is 0 Å². The lowest BCUT2D eigenvalue weighted by molar-refractivity contribution is 0.126. The summed E-state index contributed by atoms with van der Waals surface area (Å²) in [5.74, 6) is 5.91. The zero-order valence-electron chi connectivity index (χ0n) is 10.4. The number of rotatable bonds is 8. The summed E-state index contributed by atoms with van der Waals surface area (Å²) in [6.07, 6.45) is 1.70. The molecule has 0 radical (unpaired) electrons. The number of nitrogens with two attached hydrogens (primary N) is 1. The summed E-state index contributed by atoms with van der Waals surface area (Å²) in [5.41, 5.74) is 3.48. The average molecular weight is 239 g/mol. The van der Waals surface area contributed by atoms with Gasteiger partial charge < -0.3 is 20.4 Å². The predicted octanol–water partition coefficient (Wildman–Crippen LogP) is 0.357. The minimum Gasteiger partial charge on any atom is -0.383 e. The second kappa shape index (κ2) is 7.83. The van der Waals surface area contributed by atoms with Gasteiger partial charge in [0.2, 0.25) is 0 Å². The van der Waals surface area contributed by atoms with Crippen LogP contribution in [-0.2, 0) is 4.74 Å². The van der Waals surface area contributed by atoms with Crippen molar-refractivity contribution in [2.24, 2.45) is 5.84 Å². The van der Waals surface area contributed by atoms with Crippen LogP contribution in [0.1, 0.15) is 0 Å². The van der Waals surface area contributed by atoms with Crippen LogP contribution in [0.15, 0.2) is 18.3 Å². The summed E-state index contributed by atoms with van der Waals surface area (Å²) in [4.78, 5) is 6.11. The Labute approximate surface area is 102 Å². The van der Waals surface area contributed by atoms with Crippen molar-refractivity contribution in [2.45, 2.75) is 0 Å². The molecule has 96 valence electrons. The molecular formula is C11H21N5O. The first-order valence-corrected chi connectivity index (χ1v) is 5.61. The van der Waals surface area contributed by atoms with Crippen LogP contribution in [0, 0.1) is 0 Å². The van der Waals surface area contributed by atoms with Gasteiger partial charge in [-0.05, 0) is 20.2 Å². The van der Waals surface area contributed by atoms with Crippen LogP contribution in [0.3, 0.4) is 0 Å². The lowest BCUT2D eigenvalue weighted by Gasteiger charge is -2.11. The number of nitrogen functional groups attached to an aromatic ring is 1. The number of hydrazine groups is 1. The normalized spacial score (nSPS) is 10.6. The number of nitrogens with zero attached hydrogens (tertiary/aromatic N) is 2. The van der Waals surface area contributed by atoms with Crippen LogP contribution in [-0.4, -0.2) is 50.3 Å². The number of ether oxygens (including phenoxy) is 1. The zero-order chi connectivity index (χ0) is 12.5. The van der Waals surface area contributed by atoms with Crippen LogP contribution in [0.4, 0.5) is 11.5 Å². The Morgan fingerprint density at radius 3 is 2.94 bits per heavy atom. The first-order valence-electron chi connectivity index (χ1n) is 5.61. The highest BCUT2D eigenvalue weighted by Gasteiger charge is 1.95. The van der Waals surface area contributed by atoms with E-state index >= 15 is 0 Å². The number of pyridine rings is 1. The van der Waals surface area contributed by atoms with Crippen LogP contribution in [0.5, 0.6) is 0 Å². The van der Waals surface area contributed by atoms with Crippen molar-refractivity contribution >= 4 is 11.5 Å². The van der Waals surface area contributed by atoms with E-state index in [4.69, 9.17) is 10.6 Å². The minimum absolute atomic E-state index is 0.642. The minimum atomic E-state index is 0.642. The molecule has 1 heterocycles. The zero-order valence-corrected chi connectivity index (χ0v) is 10.4. The lowest BCUT2D eigenvalue weighted by Crippen LogP contribution is -2.20. The first kappa shape index (κ1) is 13.7. The highest BCUT2D eigenvalue weighted by atomic mass is 16.5. The molecule has 0 amide bonds. The first-order chi connectivity index (χ1) is 8.22. The van der Waals surface area contributed by atoms with Crippen molar-refractivity contribution in [3.05, 3.63) is 18.3 Å². The van der Waals surface area contributed by atoms with Crippen molar-refractivity contribution in [3.8, 4) is 0 Å². The summed E-state index contributed by atoms with van der Waals surface area (Å²) >= 11 is 0. The van der Waals surface area contributed by atoms with E-state index in [2.05, 4.69) is 20.6 Å². The average Bonchev–Trinajstić information content (AvgIpc) is 2.33. The Morgan fingerprint density at radius 2 is 2.24 bits per heavy atom. The molecular weight excluding hydrogens is 218 g/mol.